The molecule has 1 nitrogen and oxygen atoms in total. The minimum atomic E-state index is -0.292. The molecule has 0 radical (unpaired) electrons. The van der Waals surface area contributed by atoms with Crippen molar-refractivity contribution in [3.63, 3.8) is 0 Å². The van der Waals surface area contributed by atoms with Crippen LogP contribution in [0.15, 0.2) is 42.5 Å². The van der Waals surface area contributed by atoms with Crippen LogP contribution in [0.4, 0.5) is 0 Å². The summed E-state index contributed by atoms with van der Waals surface area (Å²) in [6, 6.07) is 8.60. The predicted octanol–water partition coefficient (Wildman–Crippen LogP) is 4.12. The molecule has 1 aromatic rings. The number of aliphatic hydroxyl groups is 1. The lowest BCUT2D eigenvalue weighted by Crippen LogP contribution is -2.12. The molecule has 1 fully saturated rings. The molecule has 19 heavy (non-hydrogen) atoms. The third-order valence-electron chi connectivity index (χ3n) is 4.60. The van der Waals surface area contributed by atoms with Crippen LogP contribution < -0.4 is 0 Å². The molecule has 0 aliphatic heterocycles. The van der Waals surface area contributed by atoms with E-state index in [0.29, 0.717) is 5.92 Å². The van der Waals surface area contributed by atoms with Crippen LogP contribution in [0, 0.1) is 5.92 Å². The maximum Gasteiger partial charge on any atom is 0.0795 e. The first-order valence-electron chi connectivity index (χ1n) is 7.43. The van der Waals surface area contributed by atoms with E-state index in [-0.39, 0.29) is 6.10 Å². The van der Waals surface area contributed by atoms with Gasteiger partial charge in [-0.3, -0.25) is 0 Å². The molecule has 0 saturated heterocycles. The fraction of sp³-hybridized carbons (Fsp3) is 0.444. The molecule has 2 aliphatic rings. The highest BCUT2D eigenvalue weighted by atomic mass is 16.3. The van der Waals surface area contributed by atoms with Gasteiger partial charge in [0.25, 0.3) is 0 Å². The minimum absolute atomic E-state index is 0.292. The number of allylic oxidation sites excluding steroid dienone is 2. The van der Waals surface area contributed by atoms with Gasteiger partial charge in [-0.05, 0) is 61.1 Å². The number of fused-ring (bicyclic) bond motifs is 1. The third-order valence-corrected chi connectivity index (χ3v) is 4.60. The number of rotatable bonds is 1. The summed E-state index contributed by atoms with van der Waals surface area (Å²) < 4.78 is 0. The van der Waals surface area contributed by atoms with Crippen LogP contribution in [0.25, 0.3) is 5.57 Å². The smallest absolute Gasteiger partial charge is 0.0795 e. The molecule has 1 heteroatoms. The van der Waals surface area contributed by atoms with E-state index in [9.17, 15) is 5.11 Å². The fourth-order valence-corrected chi connectivity index (χ4v) is 3.66. The van der Waals surface area contributed by atoms with Gasteiger partial charge < -0.3 is 5.11 Å². The van der Waals surface area contributed by atoms with E-state index in [2.05, 4.69) is 36.9 Å². The summed E-state index contributed by atoms with van der Waals surface area (Å²) in [5.74, 6) is 0.468. The van der Waals surface area contributed by atoms with Crippen LogP contribution in [0.1, 0.15) is 43.2 Å². The van der Waals surface area contributed by atoms with Crippen molar-refractivity contribution >= 4 is 5.57 Å². The zero-order valence-electron chi connectivity index (χ0n) is 11.4. The number of hydrogen-bond donors (Lipinski definition) is 1. The summed E-state index contributed by atoms with van der Waals surface area (Å²) in [5.41, 5.74) is 5.35. The second kappa shape index (κ2) is 5.34. The van der Waals surface area contributed by atoms with Gasteiger partial charge in [0.15, 0.2) is 0 Å². The summed E-state index contributed by atoms with van der Waals surface area (Å²) in [6.07, 6.45) is 8.36. The van der Waals surface area contributed by atoms with Gasteiger partial charge in [-0.1, -0.05) is 35.9 Å². The zero-order valence-corrected chi connectivity index (χ0v) is 11.4. The van der Waals surface area contributed by atoms with Gasteiger partial charge in [-0.15, -0.1) is 6.58 Å². The molecule has 0 heterocycles. The Balaban J connectivity index is 2.17. The number of aliphatic hydroxyl groups excluding tert-OH is 1. The van der Waals surface area contributed by atoms with Crippen molar-refractivity contribution in [3.8, 4) is 0 Å². The van der Waals surface area contributed by atoms with Crippen LogP contribution >= 0.6 is 0 Å². The normalized spacial score (nSPS) is 30.8. The predicted molar refractivity (Wildman–Crippen MR) is 79.8 cm³/mol. The van der Waals surface area contributed by atoms with E-state index in [4.69, 9.17) is 0 Å². The molecule has 0 aromatic heterocycles. The standard InChI is InChI=1S/C18H22O/c1-2-13-8-5-11-15(13)18-16-10-4-3-7-14(16)9-6-12-17(18)19/h2-4,7,10,13,17,19H,1,5-6,8-9,11-12H2/b18-15-. The van der Waals surface area contributed by atoms with E-state index < -0.39 is 0 Å². The van der Waals surface area contributed by atoms with Crippen molar-refractivity contribution in [2.24, 2.45) is 5.92 Å². The van der Waals surface area contributed by atoms with Crippen molar-refractivity contribution in [2.75, 3.05) is 0 Å². The molecule has 100 valence electrons. The molecule has 1 N–H and O–H groups in total. The monoisotopic (exact) mass is 254 g/mol. The average molecular weight is 254 g/mol. The van der Waals surface area contributed by atoms with E-state index >= 15 is 0 Å². The number of aryl methyl sites for hydroxylation is 1. The topological polar surface area (TPSA) is 20.2 Å². The molecular formula is C18H22O. The quantitative estimate of drug-likeness (QED) is 0.590. The molecular weight excluding hydrogens is 232 g/mol. The maximum absolute atomic E-state index is 10.6. The van der Waals surface area contributed by atoms with Gasteiger partial charge in [0, 0.05) is 0 Å². The average Bonchev–Trinajstić information content (AvgIpc) is 2.82. The van der Waals surface area contributed by atoms with Crippen molar-refractivity contribution in [3.05, 3.63) is 53.6 Å². The van der Waals surface area contributed by atoms with Crippen LogP contribution in [0.3, 0.4) is 0 Å². The van der Waals surface area contributed by atoms with Crippen LogP contribution in [0.5, 0.6) is 0 Å². The SMILES string of the molecule is C=CC1CCC/C1=C1\c2ccccc2CCCC1O. The van der Waals surface area contributed by atoms with Crippen LogP contribution in [-0.2, 0) is 6.42 Å². The van der Waals surface area contributed by atoms with Gasteiger partial charge in [-0.25, -0.2) is 0 Å². The Hall–Kier alpha value is -1.34. The Morgan fingerprint density at radius 3 is 2.74 bits per heavy atom. The second-order valence-electron chi connectivity index (χ2n) is 5.74. The summed E-state index contributed by atoms with van der Waals surface area (Å²) in [4.78, 5) is 0. The molecule has 0 amide bonds. The minimum Gasteiger partial charge on any atom is -0.388 e. The van der Waals surface area contributed by atoms with Crippen molar-refractivity contribution in [2.45, 2.75) is 44.6 Å². The Morgan fingerprint density at radius 1 is 1.11 bits per heavy atom. The highest BCUT2D eigenvalue weighted by molar-refractivity contribution is 5.75. The molecule has 2 atom stereocenters. The Kier molecular flexibility index (Phi) is 3.56. The maximum atomic E-state index is 10.6. The molecule has 3 rings (SSSR count). The molecule has 0 bridgehead atoms. The highest BCUT2D eigenvalue weighted by Gasteiger charge is 2.28. The fourth-order valence-electron chi connectivity index (χ4n) is 3.66. The third kappa shape index (κ3) is 2.28. The first-order chi connectivity index (χ1) is 9.31. The lowest BCUT2D eigenvalue weighted by atomic mass is 9.88. The molecule has 1 saturated carbocycles. The van der Waals surface area contributed by atoms with Crippen LogP contribution in [-0.4, -0.2) is 11.2 Å². The van der Waals surface area contributed by atoms with Gasteiger partial charge in [0.2, 0.25) is 0 Å². The Bertz CT molecular complexity index is 512. The van der Waals surface area contributed by atoms with E-state index in [1.165, 1.54) is 35.1 Å². The van der Waals surface area contributed by atoms with Crippen molar-refractivity contribution < 1.29 is 5.11 Å². The first kappa shape index (κ1) is 12.7. The van der Waals surface area contributed by atoms with E-state index in [1.807, 2.05) is 0 Å². The summed E-state index contributed by atoms with van der Waals surface area (Å²) in [5, 5.41) is 10.6. The highest BCUT2D eigenvalue weighted by Crippen LogP contribution is 2.41. The zero-order chi connectivity index (χ0) is 13.2. The van der Waals surface area contributed by atoms with Crippen molar-refractivity contribution in [1.82, 2.24) is 0 Å². The molecule has 1 aromatic carbocycles. The van der Waals surface area contributed by atoms with Gasteiger partial charge in [-0.2, -0.15) is 0 Å². The lowest BCUT2D eigenvalue weighted by molar-refractivity contribution is 0.219. The Morgan fingerprint density at radius 2 is 1.89 bits per heavy atom. The van der Waals surface area contributed by atoms with E-state index in [1.54, 1.807) is 0 Å². The van der Waals surface area contributed by atoms with Gasteiger partial charge in [0.05, 0.1) is 6.10 Å². The summed E-state index contributed by atoms with van der Waals surface area (Å²) in [7, 11) is 0. The van der Waals surface area contributed by atoms with Gasteiger partial charge >= 0.3 is 0 Å². The first-order valence-corrected chi connectivity index (χ1v) is 7.43. The number of benzene rings is 1. The lowest BCUT2D eigenvalue weighted by Gasteiger charge is -2.20. The van der Waals surface area contributed by atoms with Crippen LogP contribution in [0.2, 0.25) is 0 Å². The van der Waals surface area contributed by atoms with E-state index in [0.717, 1.165) is 25.7 Å². The number of hydrogen-bond acceptors (Lipinski definition) is 1. The van der Waals surface area contributed by atoms with Gasteiger partial charge in [0.1, 0.15) is 0 Å². The summed E-state index contributed by atoms with van der Waals surface area (Å²) in [6.45, 7) is 3.98. The largest absolute Gasteiger partial charge is 0.388 e. The second-order valence-corrected chi connectivity index (χ2v) is 5.74. The Labute approximate surface area is 115 Å². The van der Waals surface area contributed by atoms with Crippen molar-refractivity contribution in [1.29, 1.82) is 0 Å². The molecule has 2 unspecified atom stereocenters. The molecule has 2 aliphatic carbocycles. The molecule has 0 spiro atoms. The summed E-state index contributed by atoms with van der Waals surface area (Å²) >= 11 is 0.